The van der Waals surface area contributed by atoms with Crippen molar-refractivity contribution in [3.63, 3.8) is 0 Å². The van der Waals surface area contributed by atoms with Crippen LogP contribution < -0.4 is 5.73 Å². The molecule has 1 unspecified atom stereocenters. The lowest BCUT2D eigenvalue weighted by molar-refractivity contribution is -0.125. The molecule has 1 aromatic carbocycles. The molecule has 2 aliphatic heterocycles. The molecule has 9 nitrogen and oxygen atoms in total. The molecule has 0 spiro atoms. The number of rotatable bonds is 4. The Balaban J connectivity index is 1.56. The quantitative estimate of drug-likeness (QED) is 0.598. The molecular weight excluding hydrogens is 432 g/mol. The first-order valence-electron chi connectivity index (χ1n) is 11.5. The first-order valence-corrected chi connectivity index (χ1v) is 11.5. The Hall–Kier alpha value is -3.72. The number of nitrogen functional groups attached to an aromatic ring is 1. The first-order chi connectivity index (χ1) is 16.5. The summed E-state index contributed by atoms with van der Waals surface area (Å²) in [5, 5.41) is 0.792. The van der Waals surface area contributed by atoms with Gasteiger partial charge in [0.15, 0.2) is 0 Å². The van der Waals surface area contributed by atoms with Gasteiger partial charge in [-0.15, -0.1) is 0 Å². The van der Waals surface area contributed by atoms with E-state index in [0.717, 1.165) is 34.3 Å². The van der Waals surface area contributed by atoms with E-state index < -0.39 is 0 Å². The Morgan fingerprint density at radius 1 is 1.12 bits per heavy atom. The summed E-state index contributed by atoms with van der Waals surface area (Å²) < 4.78 is 7.42. The number of anilines is 1. The summed E-state index contributed by atoms with van der Waals surface area (Å²) in [4.78, 5) is 37.5. The largest absolute Gasteiger partial charge is 0.383 e. The second-order valence-electron chi connectivity index (χ2n) is 8.73. The molecule has 176 valence electrons. The number of hydrogen-bond acceptors (Lipinski definition) is 6. The molecule has 0 bridgehead atoms. The van der Waals surface area contributed by atoms with Crippen molar-refractivity contribution in [2.75, 3.05) is 45.1 Å². The van der Waals surface area contributed by atoms with Gasteiger partial charge < -0.3 is 24.8 Å². The van der Waals surface area contributed by atoms with Gasteiger partial charge in [0.1, 0.15) is 17.8 Å². The van der Waals surface area contributed by atoms with Gasteiger partial charge in [-0.05, 0) is 30.2 Å². The number of aromatic nitrogens is 3. The Bertz CT molecular complexity index is 1260. The van der Waals surface area contributed by atoms with E-state index >= 15 is 0 Å². The molecule has 0 radical (unpaired) electrons. The van der Waals surface area contributed by atoms with Crippen molar-refractivity contribution in [2.45, 2.75) is 12.3 Å². The number of fused-ring (bicyclic) bond motifs is 1. The normalized spacial score (nSPS) is 18.4. The number of hydrogen-bond donors (Lipinski definition) is 1. The smallest absolute Gasteiger partial charge is 0.254 e. The molecule has 34 heavy (non-hydrogen) atoms. The molecule has 0 saturated carbocycles. The summed E-state index contributed by atoms with van der Waals surface area (Å²) in [6, 6.07) is 7.63. The number of carbonyl (C=O) groups is 2. The summed E-state index contributed by atoms with van der Waals surface area (Å²) in [6.45, 7) is 7.22. The van der Waals surface area contributed by atoms with E-state index in [0.29, 0.717) is 50.8 Å². The van der Waals surface area contributed by atoms with Gasteiger partial charge in [0.2, 0.25) is 5.91 Å². The topological polar surface area (TPSA) is 107 Å². The Morgan fingerprint density at radius 2 is 1.85 bits per heavy atom. The van der Waals surface area contributed by atoms with Crippen molar-refractivity contribution in [1.82, 2.24) is 24.3 Å². The van der Waals surface area contributed by atoms with Gasteiger partial charge in [-0.3, -0.25) is 9.59 Å². The van der Waals surface area contributed by atoms with Crippen LogP contribution in [0.4, 0.5) is 5.82 Å². The number of benzene rings is 1. The molecule has 9 heteroatoms. The molecular formula is C25H28N6O3. The number of nitrogens with two attached hydrogens (primary N) is 1. The molecule has 4 heterocycles. The predicted octanol–water partition coefficient (Wildman–Crippen LogP) is 2.19. The molecule has 5 rings (SSSR count). The van der Waals surface area contributed by atoms with Crippen molar-refractivity contribution in [1.29, 1.82) is 0 Å². The third kappa shape index (κ3) is 3.71. The van der Waals surface area contributed by atoms with Gasteiger partial charge >= 0.3 is 0 Å². The second kappa shape index (κ2) is 8.90. The van der Waals surface area contributed by atoms with Crippen molar-refractivity contribution < 1.29 is 14.3 Å². The maximum atomic E-state index is 12.9. The standard InChI is InChI=1S/C25H28N6O3/c1-3-19(32)31-9-8-18(14-31)22-20(21-23(26)27-15-28-24(21)29(22)2)16-4-6-17(7-5-16)25(33)30-10-12-34-13-11-30/h3-7,15,18H,1,8-14H2,2H3,(H2,26,27,28). The van der Waals surface area contributed by atoms with Crippen molar-refractivity contribution in [2.24, 2.45) is 7.05 Å². The number of amides is 2. The highest BCUT2D eigenvalue weighted by Crippen LogP contribution is 2.42. The number of nitrogens with zero attached hydrogens (tertiary/aromatic N) is 5. The molecule has 2 amide bonds. The SMILES string of the molecule is C=CC(=O)N1CCC(c2c(-c3ccc(C(=O)N4CCOCC4)cc3)c3c(N)ncnc3n2C)C1. The molecule has 2 fully saturated rings. The highest BCUT2D eigenvalue weighted by molar-refractivity contribution is 6.03. The van der Waals surface area contributed by atoms with Crippen LogP contribution in [0.1, 0.15) is 28.4 Å². The lowest BCUT2D eigenvalue weighted by Gasteiger charge is -2.26. The van der Waals surface area contributed by atoms with Gasteiger partial charge in [0.05, 0.1) is 18.6 Å². The summed E-state index contributed by atoms with van der Waals surface area (Å²) in [5.74, 6) is 0.470. The number of morpholine rings is 1. The average molecular weight is 461 g/mol. The van der Waals surface area contributed by atoms with E-state index in [9.17, 15) is 9.59 Å². The minimum atomic E-state index is -0.0619. The lowest BCUT2D eigenvalue weighted by Crippen LogP contribution is -2.40. The van der Waals surface area contributed by atoms with E-state index in [-0.39, 0.29) is 17.7 Å². The van der Waals surface area contributed by atoms with Crippen molar-refractivity contribution >= 4 is 28.7 Å². The van der Waals surface area contributed by atoms with Gasteiger partial charge in [0, 0.05) is 56.0 Å². The third-order valence-electron chi connectivity index (χ3n) is 6.82. The van der Waals surface area contributed by atoms with Crippen LogP contribution in [-0.4, -0.2) is 75.5 Å². The van der Waals surface area contributed by atoms with E-state index in [1.807, 2.05) is 41.1 Å². The fourth-order valence-electron chi connectivity index (χ4n) is 5.10. The van der Waals surface area contributed by atoms with E-state index in [2.05, 4.69) is 21.1 Å². The van der Waals surface area contributed by atoms with E-state index in [1.54, 1.807) is 0 Å². The van der Waals surface area contributed by atoms with Crippen LogP contribution in [0.2, 0.25) is 0 Å². The third-order valence-corrected chi connectivity index (χ3v) is 6.82. The molecule has 2 N–H and O–H groups in total. The average Bonchev–Trinajstić information content (AvgIpc) is 3.47. The van der Waals surface area contributed by atoms with Gasteiger partial charge in [-0.25, -0.2) is 9.97 Å². The Labute approximate surface area is 197 Å². The molecule has 3 aromatic rings. The summed E-state index contributed by atoms with van der Waals surface area (Å²) in [6.07, 6.45) is 3.66. The Morgan fingerprint density at radius 3 is 2.56 bits per heavy atom. The highest BCUT2D eigenvalue weighted by atomic mass is 16.5. The van der Waals surface area contributed by atoms with Gasteiger partial charge in [-0.1, -0.05) is 18.7 Å². The highest BCUT2D eigenvalue weighted by Gasteiger charge is 2.32. The van der Waals surface area contributed by atoms with E-state index in [4.69, 9.17) is 10.5 Å². The predicted molar refractivity (Wildman–Crippen MR) is 129 cm³/mol. The lowest BCUT2D eigenvalue weighted by atomic mass is 9.94. The zero-order chi connectivity index (χ0) is 23.8. The van der Waals surface area contributed by atoms with E-state index in [1.165, 1.54) is 12.4 Å². The van der Waals surface area contributed by atoms with Crippen molar-refractivity contribution in [3.8, 4) is 11.1 Å². The summed E-state index contributed by atoms with van der Waals surface area (Å²) in [7, 11) is 1.97. The van der Waals surface area contributed by atoms with Crippen LogP contribution in [0.3, 0.4) is 0 Å². The number of aryl methyl sites for hydroxylation is 1. The molecule has 0 aliphatic carbocycles. The van der Waals surface area contributed by atoms with Gasteiger partial charge in [0.25, 0.3) is 5.91 Å². The number of likely N-dealkylation sites (tertiary alicyclic amines) is 1. The first kappa shape index (κ1) is 22.1. The zero-order valence-corrected chi connectivity index (χ0v) is 19.2. The molecule has 2 aliphatic rings. The molecule has 2 saturated heterocycles. The summed E-state index contributed by atoms with van der Waals surface area (Å²) in [5.41, 5.74) is 10.7. The minimum absolute atomic E-state index is 0.00483. The van der Waals surface area contributed by atoms with Crippen LogP contribution >= 0.6 is 0 Å². The van der Waals surface area contributed by atoms with Crippen LogP contribution in [0, 0.1) is 0 Å². The molecule has 1 atom stereocenters. The number of ether oxygens (including phenoxy) is 1. The fraction of sp³-hybridized carbons (Fsp3) is 0.360. The van der Waals surface area contributed by atoms with Crippen molar-refractivity contribution in [3.05, 3.63) is 54.5 Å². The summed E-state index contributed by atoms with van der Waals surface area (Å²) >= 11 is 0. The maximum absolute atomic E-state index is 12.9. The van der Waals surface area contributed by atoms with Crippen LogP contribution in [0.25, 0.3) is 22.2 Å². The molecule has 2 aromatic heterocycles. The maximum Gasteiger partial charge on any atom is 0.254 e. The van der Waals surface area contributed by atoms with Crippen LogP contribution in [0.5, 0.6) is 0 Å². The number of carbonyl (C=O) groups excluding carboxylic acids is 2. The second-order valence-corrected chi connectivity index (χ2v) is 8.73. The Kier molecular flexibility index (Phi) is 5.79. The van der Waals surface area contributed by atoms with Gasteiger partial charge in [-0.2, -0.15) is 0 Å². The monoisotopic (exact) mass is 460 g/mol. The fourth-order valence-corrected chi connectivity index (χ4v) is 5.10. The zero-order valence-electron chi connectivity index (χ0n) is 19.2. The van der Waals surface area contributed by atoms with Crippen LogP contribution in [0.15, 0.2) is 43.2 Å². The van der Waals surface area contributed by atoms with Crippen LogP contribution in [-0.2, 0) is 16.6 Å². The minimum Gasteiger partial charge on any atom is -0.383 e.